The van der Waals surface area contributed by atoms with Gasteiger partial charge in [0.25, 0.3) is 5.91 Å². The Labute approximate surface area is 177 Å². The molecule has 0 fully saturated rings. The zero-order valence-electron chi connectivity index (χ0n) is 16.5. The van der Waals surface area contributed by atoms with Crippen LogP contribution in [0.2, 0.25) is 0 Å². The first-order chi connectivity index (χ1) is 14.9. The number of rotatable bonds is 6. The number of carbonyl (C=O) groups excluding carboxylic acids is 2. The summed E-state index contributed by atoms with van der Waals surface area (Å²) in [6.45, 7) is 1.44. The lowest BCUT2D eigenvalue weighted by atomic mass is 9.98. The van der Waals surface area contributed by atoms with Gasteiger partial charge >= 0.3 is 12.1 Å². The van der Waals surface area contributed by atoms with Crippen molar-refractivity contribution < 1.29 is 28.8 Å². The van der Waals surface area contributed by atoms with Crippen molar-refractivity contribution in [3.05, 3.63) is 71.4 Å². The Morgan fingerprint density at radius 2 is 1.71 bits per heavy atom. The highest BCUT2D eigenvalue weighted by Gasteiger charge is 2.29. The largest absolute Gasteiger partial charge is 0.480 e. The second-order valence-corrected chi connectivity index (χ2v) is 7.06. The van der Waals surface area contributed by atoms with Crippen LogP contribution in [-0.2, 0) is 9.53 Å². The van der Waals surface area contributed by atoms with Crippen LogP contribution in [0, 0.1) is 0 Å². The topological polar surface area (TPSA) is 131 Å². The van der Waals surface area contributed by atoms with Gasteiger partial charge in [-0.3, -0.25) is 14.9 Å². The van der Waals surface area contributed by atoms with Crippen molar-refractivity contribution in [3.8, 4) is 11.1 Å². The normalized spacial score (nSPS) is 13.1. The molecule has 0 bridgehead atoms. The maximum Gasteiger partial charge on any atom is 0.414 e. The fourth-order valence-corrected chi connectivity index (χ4v) is 3.51. The number of carboxylic acids is 1. The SMILES string of the molecule is C[C@H](NC(=O)c1cc(NC(=O)OCC2c3ccccc3-c3ccccc32)on1)C(=O)O. The average molecular weight is 421 g/mol. The Morgan fingerprint density at radius 1 is 1.10 bits per heavy atom. The third kappa shape index (κ3) is 4.11. The molecule has 0 saturated heterocycles. The van der Waals surface area contributed by atoms with Gasteiger partial charge in [-0.05, 0) is 29.2 Å². The van der Waals surface area contributed by atoms with Gasteiger partial charge < -0.3 is 19.7 Å². The smallest absolute Gasteiger partial charge is 0.414 e. The molecule has 0 saturated carbocycles. The van der Waals surface area contributed by atoms with E-state index < -0.39 is 24.0 Å². The van der Waals surface area contributed by atoms with Crippen LogP contribution >= 0.6 is 0 Å². The van der Waals surface area contributed by atoms with Gasteiger partial charge in [-0.15, -0.1) is 0 Å². The molecule has 3 N–H and O–H groups in total. The van der Waals surface area contributed by atoms with Crippen molar-refractivity contribution >= 4 is 23.9 Å². The predicted molar refractivity (Wildman–Crippen MR) is 110 cm³/mol. The highest BCUT2D eigenvalue weighted by atomic mass is 16.6. The van der Waals surface area contributed by atoms with E-state index in [0.29, 0.717) is 0 Å². The number of hydrogen-bond acceptors (Lipinski definition) is 6. The number of aromatic nitrogens is 1. The van der Waals surface area contributed by atoms with E-state index in [4.69, 9.17) is 14.4 Å². The molecule has 31 heavy (non-hydrogen) atoms. The summed E-state index contributed by atoms with van der Waals surface area (Å²) in [6.07, 6.45) is -0.760. The third-order valence-electron chi connectivity index (χ3n) is 5.03. The van der Waals surface area contributed by atoms with Crippen LogP contribution in [0.4, 0.5) is 10.7 Å². The van der Waals surface area contributed by atoms with E-state index >= 15 is 0 Å². The minimum atomic E-state index is -1.19. The maximum atomic E-state index is 12.2. The van der Waals surface area contributed by atoms with Crippen LogP contribution in [-0.4, -0.2) is 40.9 Å². The average Bonchev–Trinajstić information content (AvgIpc) is 3.35. The summed E-state index contributed by atoms with van der Waals surface area (Å²) >= 11 is 0. The Balaban J connectivity index is 1.38. The molecule has 0 spiro atoms. The van der Waals surface area contributed by atoms with Gasteiger partial charge in [-0.1, -0.05) is 53.7 Å². The number of carbonyl (C=O) groups is 3. The molecule has 9 nitrogen and oxygen atoms in total. The number of benzene rings is 2. The Kier molecular flexibility index (Phi) is 5.40. The van der Waals surface area contributed by atoms with Crippen LogP contribution in [0.3, 0.4) is 0 Å². The van der Waals surface area contributed by atoms with Gasteiger partial charge in [-0.25, -0.2) is 4.79 Å². The number of nitrogens with zero attached hydrogens (tertiary/aromatic N) is 1. The summed E-state index contributed by atoms with van der Waals surface area (Å²) in [7, 11) is 0. The molecule has 1 aliphatic carbocycles. The zero-order chi connectivity index (χ0) is 22.0. The third-order valence-corrected chi connectivity index (χ3v) is 5.03. The van der Waals surface area contributed by atoms with Crippen LogP contribution < -0.4 is 10.6 Å². The highest BCUT2D eigenvalue weighted by molar-refractivity contribution is 5.96. The van der Waals surface area contributed by atoms with Crippen molar-refractivity contribution in [2.24, 2.45) is 0 Å². The fraction of sp³-hybridized carbons (Fsp3) is 0.182. The summed E-state index contributed by atoms with van der Waals surface area (Å²) in [5.41, 5.74) is 4.24. The molecule has 1 aliphatic rings. The summed E-state index contributed by atoms with van der Waals surface area (Å²) in [4.78, 5) is 35.0. The summed E-state index contributed by atoms with van der Waals surface area (Å²) in [5.74, 6) is -2.11. The van der Waals surface area contributed by atoms with Crippen molar-refractivity contribution in [1.82, 2.24) is 10.5 Å². The fourth-order valence-electron chi connectivity index (χ4n) is 3.51. The molecular weight excluding hydrogens is 402 g/mol. The molecule has 0 unspecified atom stereocenters. The molecule has 0 aliphatic heterocycles. The van der Waals surface area contributed by atoms with Gasteiger partial charge in [0.15, 0.2) is 5.69 Å². The van der Waals surface area contributed by atoms with Crippen LogP contribution in [0.1, 0.15) is 34.5 Å². The monoisotopic (exact) mass is 421 g/mol. The minimum Gasteiger partial charge on any atom is -0.480 e. The van der Waals surface area contributed by atoms with Gasteiger partial charge in [0.1, 0.15) is 12.6 Å². The number of hydrogen-bond donors (Lipinski definition) is 3. The molecule has 2 aromatic carbocycles. The number of fused-ring (bicyclic) bond motifs is 3. The summed E-state index contributed by atoms with van der Waals surface area (Å²) in [5, 5.41) is 17.0. The second kappa shape index (κ2) is 8.31. The lowest BCUT2D eigenvalue weighted by molar-refractivity contribution is -0.138. The van der Waals surface area contributed by atoms with E-state index in [2.05, 4.69) is 15.8 Å². The number of nitrogens with one attached hydrogen (secondary N) is 2. The second-order valence-electron chi connectivity index (χ2n) is 7.06. The van der Waals surface area contributed by atoms with Crippen LogP contribution in [0.5, 0.6) is 0 Å². The molecule has 1 aromatic heterocycles. The van der Waals surface area contributed by atoms with Crippen molar-refractivity contribution in [2.75, 3.05) is 11.9 Å². The Hall–Kier alpha value is -4.14. The van der Waals surface area contributed by atoms with Gasteiger partial charge in [-0.2, -0.15) is 0 Å². The number of ether oxygens (including phenoxy) is 1. The molecule has 1 heterocycles. The molecule has 2 amide bonds. The van der Waals surface area contributed by atoms with Crippen LogP contribution in [0.25, 0.3) is 11.1 Å². The molecule has 3 aromatic rings. The maximum absolute atomic E-state index is 12.2. The molecule has 1 atom stereocenters. The highest BCUT2D eigenvalue weighted by Crippen LogP contribution is 2.44. The van der Waals surface area contributed by atoms with E-state index in [-0.39, 0.29) is 24.1 Å². The Bertz CT molecular complexity index is 1110. The predicted octanol–water partition coefficient (Wildman–Crippen LogP) is 3.24. The van der Waals surface area contributed by atoms with Gasteiger partial charge in [0.05, 0.1) is 0 Å². The van der Waals surface area contributed by atoms with Crippen LogP contribution in [0.15, 0.2) is 59.1 Å². The number of carboxylic acid groups (broad SMARTS) is 1. The van der Waals surface area contributed by atoms with Crippen molar-refractivity contribution in [2.45, 2.75) is 18.9 Å². The van der Waals surface area contributed by atoms with E-state index in [0.717, 1.165) is 22.3 Å². The zero-order valence-corrected chi connectivity index (χ0v) is 16.5. The summed E-state index contributed by atoms with van der Waals surface area (Å²) < 4.78 is 10.3. The first-order valence-electron chi connectivity index (χ1n) is 9.56. The summed E-state index contributed by atoms with van der Waals surface area (Å²) in [6, 6.07) is 16.0. The molecule has 4 rings (SSSR count). The van der Waals surface area contributed by atoms with E-state index in [1.54, 1.807) is 0 Å². The van der Waals surface area contributed by atoms with E-state index in [1.807, 2.05) is 48.5 Å². The standard InChI is InChI=1S/C22H19N3O6/c1-12(21(27)28)23-20(26)18-10-19(31-25-18)24-22(29)30-11-17-15-8-4-2-6-13(15)14-7-3-5-9-16(14)17/h2-10,12,17H,11H2,1H3,(H,23,26)(H,24,29)(H,27,28)/t12-/m0/s1. The molecule has 0 radical (unpaired) electrons. The lowest BCUT2D eigenvalue weighted by Gasteiger charge is -2.13. The quantitative estimate of drug-likeness (QED) is 0.557. The first-order valence-corrected chi connectivity index (χ1v) is 9.56. The Morgan fingerprint density at radius 3 is 2.32 bits per heavy atom. The van der Waals surface area contributed by atoms with E-state index in [1.165, 1.54) is 13.0 Å². The lowest BCUT2D eigenvalue weighted by Crippen LogP contribution is -2.38. The van der Waals surface area contributed by atoms with Gasteiger partial charge in [0, 0.05) is 12.0 Å². The number of aliphatic carboxylic acids is 1. The molecule has 9 heteroatoms. The van der Waals surface area contributed by atoms with E-state index in [9.17, 15) is 14.4 Å². The van der Waals surface area contributed by atoms with Gasteiger partial charge in [0.2, 0.25) is 5.88 Å². The number of amides is 2. The number of anilines is 1. The molecule has 158 valence electrons. The van der Waals surface area contributed by atoms with Crippen molar-refractivity contribution in [3.63, 3.8) is 0 Å². The molecular formula is C22H19N3O6. The minimum absolute atomic E-state index is 0.0910. The first kappa shape index (κ1) is 20.1. The van der Waals surface area contributed by atoms with Crippen molar-refractivity contribution in [1.29, 1.82) is 0 Å².